The highest BCUT2D eigenvalue weighted by molar-refractivity contribution is 5.89. The van der Waals surface area contributed by atoms with E-state index < -0.39 is 0 Å². The van der Waals surface area contributed by atoms with E-state index in [1.165, 1.54) is 13.5 Å². The Bertz CT molecular complexity index is 623. The maximum absolute atomic E-state index is 12.4. The molecule has 1 aromatic rings. The van der Waals surface area contributed by atoms with Crippen LogP contribution in [0.4, 0.5) is 15.3 Å². The topological polar surface area (TPSA) is 80.3 Å². The quantitative estimate of drug-likeness (QED) is 0.872. The smallest absolute Gasteiger partial charge is 0.409 e. The normalized spacial score (nSPS) is 20.1. The summed E-state index contributed by atoms with van der Waals surface area (Å²) in [5.74, 6) is 0.758. The molecule has 0 saturated carbocycles. The highest BCUT2D eigenvalue weighted by atomic mass is 16.5. The minimum atomic E-state index is -0.357. The van der Waals surface area contributed by atoms with Gasteiger partial charge in [0, 0.05) is 38.5 Å². The molecule has 0 aliphatic carbocycles. The van der Waals surface area contributed by atoms with Crippen molar-refractivity contribution in [2.75, 3.05) is 51.8 Å². The summed E-state index contributed by atoms with van der Waals surface area (Å²) in [6.07, 6.45) is 3.17. The molecule has 0 bridgehead atoms. The lowest BCUT2D eigenvalue weighted by Gasteiger charge is -2.33. The summed E-state index contributed by atoms with van der Waals surface area (Å²) in [7, 11) is 1.36. The van der Waals surface area contributed by atoms with Gasteiger partial charge in [-0.05, 0) is 43.5 Å². The molecule has 27 heavy (non-hydrogen) atoms. The van der Waals surface area contributed by atoms with Gasteiger partial charge in [-0.15, -0.1) is 0 Å². The van der Waals surface area contributed by atoms with Gasteiger partial charge in [0.25, 0.3) is 0 Å². The van der Waals surface area contributed by atoms with Crippen LogP contribution in [0.25, 0.3) is 0 Å². The molecule has 3 rings (SSSR count). The molecular weight excluding hydrogens is 350 g/mol. The van der Waals surface area contributed by atoms with Gasteiger partial charge in [-0.2, -0.15) is 0 Å². The number of carbonyl (C=O) groups excluding carboxylic acids is 2. The van der Waals surface area contributed by atoms with E-state index in [0.29, 0.717) is 38.5 Å². The summed E-state index contributed by atoms with van der Waals surface area (Å²) < 4.78 is 16.1. The van der Waals surface area contributed by atoms with E-state index in [0.717, 1.165) is 25.2 Å². The van der Waals surface area contributed by atoms with Crippen molar-refractivity contribution in [3.63, 3.8) is 0 Å². The maximum Gasteiger partial charge on any atom is 0.409 e. The molecule has 2 saturated heterocycles. The van der Waals surface area contributed by atoms with Gasteiger partial charge in [-0.1, -0.05) is 0 Å². The second kappa shape index (κ2) is 9.45. The Balaban J connectivity index is 1.42. The summed E-state index contributed by atoms with van der Waals surface area (Å²) in [4.78, 5) is 27.1. The molecule has 148 valence electrons. The standard InChI is InChI=1S/C19H27N3O5/c1-25-19(24)22-11-9-21(10-12-22)18(23)20-15-5-7-16(8-6-15)27-14-17-4-2-3-13-26-17/h5-8,17H,2-4,9-14H2,1H3,(H,20,23). The second-order valence-corrected chi connectivity index (χ2v) is 6.70. The molecule has 0 radical (unpaired) electrons. The van der Waals surface area contributed by atoms with Crippen LogP contribution in [0.3, 0.4) is 0 Å². The predicted octanol–water partition coefficient (Wildman–Crippen LogP) is 2.55. The van der Waals surface area contributed by atoms with Crippen LogP contribution >= 0.6 is 0 Å². The van der Waals surface area contributed by atoms with Crippen molar-refractivity contribution in [2.45, 2.75) is 25.4 Å². The third-order valence-electron chi connectivity index (χ3n) is 4.82. The number of hydrogen-bond acceptors (Lipinski definition) is 5. The van der Waals surface area contributed by atoms with Crippen LogP contribution in [0, 0.1) is 0 Å². The SMILES string of the molecule is COC(=O)N1CCN(C(=O)Nc2ccc(OCC3CCCCO3)cc2)CC1. The first-order valence-corrected chi connectivity index (χ1v) is 9.39. The molecule has 3 amide bonds. The third kappa shape index (κ3) is 5.50. The Hall–Kier alpha value is -2.48. The Morgan fingerprint density at radius 3 is 2.44 bits per heavy atom. The summed E-state index contributed by atoms with van der Waals surface area (Å²) >= 11 is 0. The van der Waals surface area contributed by atoms with E-state index in [9.17, 15) is 9.59 Å². The lowest BCUT2D eigenvalue weighted by molar-refractivity contribution is -0.0110. The average molecular weight is 377 g/mol. The van der Waals surface area contributed by atoms with Crippen LogP contribution in [0.15, 0.2) is 24.3 Å². The van der Waals surface area contributed by atoms with Gasteiger partial charge >= 0.3 is 12.1 Å². The number of carbonyl (C=O) groups is 2. The van der Waals surface area contributed by atoms with Gasteiger partial charge in [0.05, 0.1) is 13.2 Å². The zero-order valence-corrected chi connectivity index (χ0v) is 15.7. The molecule has 2 heterocycles. The fraction of sp³-hybridized carbons (Fsp3) is 0.579. The van der Waals surface area contributed by atoms with Crippen molar-refractivity contribution >= 4 is 17.8 Å². The zero-order chi connectivity index (χ0) is 19.1. The number of nitrogens with zero attached hydrogens (tertiary/aromatic N) is 2. The van der Waals surface area contributed by atoms with E-state index in [-0.39, 0.29) is 18.2 Å². The molecule has 1 aromatic carbocycles. The Morgan fingerprint density at radius 1 is 1.11 bits per heavy atom. The molecular formula is C19H27N3O5. The summed E-state index contributed by atoms with van der Waals surface area (Å²) in [6, 6.07) is 7.14. The molecule has 2 aliphatic heterocycles. The highest BCUT2D eigenvalue weighted by Crippen LogP contribution is 2.19. The first-order valence-electron chi connectivity index (χ1n) is 9.39. The predicted molar refractivity (Wildman–Crippen MR) is 100 cm³/mol. The minimum absolute atomic E-state index is 0.168. The van der Waals surface area contributed by atoms with Crippen molar-refractivity contribution in [3.05, 3.63) is 24.3 Å². The highest BCUT2D eigenvalue weighted by Gasteiger charge is 2.24. The monoisotopic (exact) mass is 377 g/mol. The van der Waals surface area contributed by atoms with Gasteiger partial charge in [0.2, 0.25) is 0 Å². The van der Waals surface area contributed by atoms with Crippen LogP contribution in [-0.2, 0) is 9.47 Å². The number of nitrogens with one attached hydrogen (secondary N) is 1. The molecule has 0 aromatic heterocycles. The number of methoxy groups -OCH3 is 1. The van der Waals surface area contributed by atoms with E-state index in [2.05, 4.69) is 5.32 Å². The van der Waals surface area contributed by atoms with Crippen LogP contribution in [-0.4, -0.2) is 74.5 Å². The van der Waals surface area contributed by atoms with Gasteiger partial charge in [0.15, 0.2) is 0 Å². The number of piperazine rings is 1. The largest absolute Gasteiger partial charge is 0.491 e. The summed E-state index contributed by atoms with van der Waals surface area (Å²) in [6.45, 7) is 3.25. The van der Waals surface area contributed by atoms with Crippen molar-refractivity contribution in [2.24, 2.45) is 0 Å². The summed E-state index contributed by atoms with van der Waals surface area (Å²) in [5, 5.41) is 2.87. The second-order valence-electron chi connectivity index (χ2n) is 6.70. The van der Waals surface area contributed by atoms with Crippen LogP contribution < -0.4 is 10.1 Å². The van der Waals surface area contributed by atoms with E-state index in [4.69, 9.17) is 14.2 Å². The van der Waals surface area contributed by atoms with Crippen molar-refractivity contribution < 1.29 is 23.8 Å². The molecule has 1 unspecified atom stereocenters. The molecule has 8 nitrogen and oxygen atoms in total. The number of urea groups is 1. The number of ether oxygens (including phenoxy) is 3. The maximum atomic E-state index is 12.4. The molecule has 2 aliphatic rings. The van der Waals surface area contributed by atoms with Crippen LogP contribution in [0.1, 0.15) is 19.3 Å². The first-order chi connectivity index (χ1) is 13.2. The number of hydrogen-bond donors (Lipinski definition) is 1. The van der Waals surface area contributed by atoms with E-state index in [1.807, 2.05) is 24.3 Å². The summed E-state index contributed by atoms with van der Waals surface area (Å²) in [5.41, 5.74) is 0.705. The number of anilines is 1. The van der Waals surface area contributed by atoms with Gasteiger partial charge in [-0.25, -0.2) is 9.59 Å². The molecule has 2 fully saturated rings. The van der Waals surface area contributed by atoms with Crippen molar-refractivity contribution in [1.29, 1.82) is 0 Å². The van der Waals surface area contributed by atoms with Crippen LogP contribution in [0.2, 0.25) is 0 Å². The van der Waals surface area contributed by atoms with Crippen molar-refractivity contribution in [1.82, 2.24) is 9.80 Å². The fourth-order valence-corrected chi connectivity index (χ4v) is 3.19. The lowest BCUT2D eigenvalue weighted by Crippen LogP contribution is -2.51. The number of amides is 3. The minimum Gasteiger partial charge on any atom is -0.491 e. The Labute approximate surface area is 159 Å². The van der Waals surface area contributed by atoms with Gasteiger partial charge in [0.1, 0.15) is 12.4 Å². The van der Waals surface area contributed by atoms with Gasteiger partial charge in [-0.3, -0.25) is 0 Å². The number of rotatable bonds is 4. The molecule has 0 spiro atoms. The van der Waals surface area contributed by atoms with Gasteiger partial charge < -0.3 is 29.3 Å². The zero-order valence-electron chi connectivity index (χ0n) is 15.7. The lowest BCUT2D eigenvalue weighted by atomic mass is 10.1. The average Bonchev–Trinajstić information content (AvgIpc) is 2.73. The third-order valence-corrected chi connectivity index (χ3v) is 4.82. The molecule has 1 atom stereocenters. The molecule has 8 heteroatoms. The Morgan fingerprint density at radius 2 is 1.81 bits per heavy atom. The van der Waals surface area contributed by atoms with Crippen LogP contribution in [0.5, 0.6) is 5.75 Å². The van der Waals surface area contributed by atoms with E-state index >= 15 is 0 Å². The fourth-order valence-electron chi connectivity index (χ4n) is 3.19. The Kier molecular flexibility index (Phi) is 6.75. The molecule has 1 N–H and O–H groups in total. The number of benzene rings is 1. The van der Waals surface area contributed by atoms with E-state index in [1.54, 1.807) is 9.80 Å². The first kappa shape index (κ1) is 19.3. The van der Waals surface area contributed by atoms with Crippen molar-refractivity contribution in [3.8, 4) is 5.75 Å².